The molecule has 0 aromatic rings. The predicted octanol–water partition coefficient (Wildman–Crippen LogP) is 7.40. The van der Waals surface area contributed by atoms with E-state index >= 15 is 0 Å². The Morgan fingerprint density at radius 1 is 1.03 bits per heavy atom. The Balaban J connectivity index is 1.52. The van der Waals surface area contributed by atoms with Gasteiger partial charge in [-0.15, -0.1) is 0 Å². The molecule has 0 aromatic carbocycles. The number of aliphatic hydroxyl groups is 1. The van der Waals surface area contributed by atoms with Gasteiger partial charge in [-0.05, 0) is 104 Å². The summed E-state index contributed by atoms with van der Waals surface area (Å²) in [7, 11) is 0. The molecule has 0 amide bonds. The average molecular weight is 431 g/mol. The summed E-state index contributed by atoms with van der Waals surface area (Å²) in [5.41, 5.74) is 2.24. The Morgan fingerprint density at radius 3 is 2.52 bits per heavy atom. The topological polar surface area (TPSA) is 29.5 Å². The lowest BCUT2D eigenvalue weighted by molar-refractivity contribution is -0.0946. The standard InChI is InChI=1S/C29H50O2/c1-7-31-27-25-12-11-21-23-14-13-22(20(4)10-8-9-19(2)3)28(23,5)17-15-24(21)29(25,6)18-16-26(27)30/h12,19-24,26-27,30H,7-11,13-18H2,1-6H3/t20-,21+,22-,23+,24+,26+,27?,28-,29-/m1/s1. The van der Waals surface area contributed by atoms with Crippen molar-refractivity contribution in [3.8, 4) is 0 Å². The SMILES string of the molecule is CCOC1C2=CC[C@H]3[C@@H]4CC[C@H]([C@H](C)CCCC(C)C)[C@@]4(C)CC[C@@H]3[C@@]2(C)CC[C@@H]1O. The van der Waals surface area contributed by atoms with E-state index in [0.29, 0.717) is 12.0 Å². The lowest BCUT2D eigenvalue weighted by Crippen LogP contribution is -2.54. The molecule has 1 unspecified atom stereocenters. The minimum Gasteiger partial charge on any atom is -0.390 e. The summed E-state index contributed by atoms with van der Waals surface area (Å²) in [4.78, 5) is 0. The zero-order valence-corrected chi connectivity index (χ0v) is 21.3. The molecule has 4 rings (SSSR count). The van der Waals surface area contributed by atoms with E-state index in [-0.39, 0.29) is 17.6 Å². The second-order valence-corrected chi connectivity index (χ2v) is 12.7. The van der Waals surface area contributed by atoms with Crippen LogP contribution in [0, 0.1) is 46.3 Å². The van der Waals surface area contributed by atoms with Crippen molar-refractivity contribution in [2.75, 3.05) is 6.61 Å². The Bertz CT molecular complexity index is 653. The van der Waals surface area contributed by atoms with Crippen molar-refractivity contribution >= 4 is 0 Å². The highest BCUT2D eigenvalue weighted by molar-refractivity contribution is 5.29. The van der Waals surface area contributed by atoms with Crippen LogP contribution in [0.25, 0.3) is 0 Å². The molecule has 0 aliphatic heterocycles. The highest BCUT2D eigenvalue weighted by Gasteiger charge is 2.60. The molecule has 0 heterocycles. The highest BCUT2D eigenvalue weighted by atomic mass is 16.5. The second kappa shape index (κ2) is 9.13. The van der Waals surface area contributed by atoms with Crippen LogP contribution in [0.2, 0.25) is 0 Å². The number of fused-ring (bicyclic) bond motifs is 5. The van der Waals surface area contributed by atoms with Crippen LogP contribution in [0.3, 0.4) is 0 Å². The van der Waals surface area contributed by atoms with Gasteiger partial charge in [0.05, 0.1) is 6.10 Å². The molecular weight excluding hydrogens is 380 g/mol. The summed E-state index contributed by atoms with van der Waals surface area (Å²) in [5.74, 6) is 5.17. The van der Waals surface area contributed by atoms with Gasteiger partial charge in [0.1, 0.15) is 6.10 Å². The maximum Gasteiger partial charge on any atom is 0.105 e. The van der Waals surface area contributed by atoms with Gasteiger partial charge in [-0.3, -0.25) is 0 Å². The van der Waals surface area contributed by atoms with Crippen molar-refractivity contribution in [2.45, 2.75) is 118 Å². The van der Waals surface area contributed by atoms with Crippen LogP contribution in [0.15, 0.2) is 11.6 Å². The number of rotatable bonds is 7. The van der Waals surface area contributed by atoms with E-state index in [2.05, 4.69) is 47.6 Å². The molecule has 2 nitrogen and oxygen atoms in total. The van der Waals surface area contributed by atoms with E-state index in [1.807, 2.05) is 0 Å². The van der Waals surface area contributed by atoms with Crippen LogP contribution < -0.4 is 0 Å². The van der Waals surface area contributed by atoms with E-state index in [4.69, 9.17) is 4.74 Å². The number of hydrogen-bond acceptors (Lipinski definition) is 2. The molecule has 0 aromatic heterocycles. The summed E-state index contributed by atoms with van der Waals surface area (Å²) in [5, 5.41) is 10.7. The van der Waals surface area contributed by atoms with Crippen LogP contribution in [-0.2, 0) is 4.74 Å². The fraction of sp³-hybridized carbons (Fsp3) is 0.931. The Hall–Kier alpha value is -0.340. The lowest BCUT2D eigenvalue weighted by atomic mass is 9.46. The monoisotopic (exact) mass is 430 g/mol. The van der Waals surface area contributed by atoms with Crippen LogP contribution in [0.1, 0.15) is 106 Å². The highest BCUT2D eigenvalue weighted by Crippen LogP contribution is 2.67. The van der Waals surface area contributed by atoms with E-state index in [1.165, 1.54) is 56.9 Å². The molecule has 31 heavy (non-hydrogen) atoms. The third-order valence-electron chi connectivity index (χ3n) is 10.7. The number of ether oxygens (including phenoxy) is 1. The zero-order chi connectivity index (χ0) is 22.4. The average Bonchev–Trinajstić information content (AvgIpc) is 3.07. The summed E-state index contributed by atoms with van der Waals surface area (Å²) in [6.07, 6.45) is 15.4. The molecule has 2 heteroatoms. The van der Waals surface area contributed by atoms with Gasteiger partial charge in [0.15, 0.2) is 0 Å². The first-order chi connectivity index (χ1) is 14.7. The summed E-state index contributed by atoms with van der Waals surface area (Å²) >= 11 is 0. The van der Waals surface area contributed by atoms with Gasteiger partial charge in [-0.1, -0.05) is 60.0 Å². The quantitative estimate of drug-likeness (QED) is 0.426. The Kier molecular flexibility index (Phi) is 7.01. The summed E-state index contributed by atoms with van der Waals surface area (Å²) in [6, 6.07) is 0. The minimum absolute atomic E-state index is 0.0599. The fourth-order valence-electron chi connectivity index (χ4n) is 9.10. The molecule has 178 valence electrons. The summed E-state index contributed by atoms with van der Waals surface area (Å²) in [6.45, 7) is 15.3. The molecular formula is C29H50O2. The van der Waals surface area contributed by atoms with Gasteiger partial charge in [0.25, 0.3) is 0 Å². The molecule has 0 radical (unpaired) electrons. The molecule has 4 aliphatic carbocycles. The van der Waals surface area contributed by atoms with E-state index in [1.54, 1.807) is 0 Å². The van der Waals surface area contributed by atoms with Crippen molar-refractivity contribution in [1.29, 1.82) is 0 Å². The number of aliphatic hydroxyl groups excluding tert-OH is 1. The van der Waals surface area contributed by atoms with Gasteiger partial charge in [-0.2, -0.15) is 0 Å². The maximum atomic E-state index is 10.7. The normalized spacial score (nSPS) is 45.6. The van der Waals surface area contributed by atoms with Crippen molar-refractivity contribution in [3.05, 3.63) is 11.6 Å². The minimum atomic E-state index is -0.313. The molecule has 0 spiro atoms. The molecule has 0 saturated heterocycles. The molecule has 9 atom stereocenters. The maximum absolute atomic E-state index is 10.7. The van der Waals surface area contributed by atoms with Crippen LogP contribution >= 0.6 is 0 Å². The predicted molar refractivity (Wildman–Crippen MR) is 130 cm³/mol. The van der Waals surface area contributed by atoms with E-state index in [9.17, 15) is 5.11 Å². The second-order valence-electron chi connectivity index (χ2n) is 12.7. The first-order valence-corrected chi connectivity index (χ1v) is 13.7. The zero-order valence-electron chi connectivity index (χ0n) is 21.3. The molecule has 0 bridgehead atoms. The molecule has 3 fully saturated rings. The van der Waals surface area contributed by atoms with Gasteiger partial charge in [0, 0.05) is 6.61 Å². The number of allylic oxidation sites excluding steroid dienone is 1. The van der Waals surface area contributed by atoms with Crippen molar-refractivity contribution in [1.82, 2.24) is 0 Å². The van der Waals surface area contributed by atoms with E-state index < -0.39 is 0 Å². The third-order valence-corrected chi connectivity index (χ3v) is 10.7. The van der Waals surface area contributed by atoms with Crippen LogP contribution in [0.4, 0.5) is 0 Å². The van der Waals surface area contributed by atoms with Crippen molar-refractivity contribution < 1.29 is 9.84 Å². The molecule has 4 aliphatic rings. The first kappa shape index (κ1) is 23.8. The number of hydrogen-bond donors (Lipinski definition) is 1. The van der Waals surface area contributed by atoms with Crippen molar-refractivity contribution in [3.63, 3.8) is 0 Å². The fourth-order valence-corrected chi connectivity index (χ4v) is 9.10. The molecule has 1 N–H and O–H groups in total. The van der Waals surface area contributed by atoms with Crippen LogP contribution in [0.5, 0.6) is 0 Å². The summed E-state index contributed by atoms with van der Waals surface area (Å²) < 4.78 is 6.10. The van der Waals surface area contributed by atoms with Crippen LogP contribution in [-0.4, -0.2) is 23.9 Å². The lowest BCUT2D eigenvalue weighted by Gasteiger charge is -2.59. The Labute approximate surface area is 192 Å². The third kappa shape index (κ3) is 4.07. The van der Waals surface area contributed by atoms with Gasteiger partial charge in [-0.25, -0.2) is 0 Å². The Morgan fingerprint density at radius 2 is 1.81 bits per heavy atom. The van der Waals surface area contributed by atoms with Crippen molar-refractivity contribution in [2.24, 2.45) is 46.3 Å². The largest absolute Gasteiger partial charge is 0.390 e. The smallest absolute Gasteiger partial charge is 0.105 e. The van der Waals surface area contributed by atoms with Gasteiger partial charge in [0.2, 0.25) is 0 Å². The van der Waals surface area contributed by atoms with E-state index in [0.717, 1.165) is 48.3 Å². The molecule has 3 saturated carbocycles. The van der Waals surface area contributed by atoms with Gasteiger partial charge >= 0.3 is 0 Å². The van der Waals surface area contributed by atoms with Gasteiger partial charge < -0.3 is 9.84 Å². The first-order valence-electron chi connectivity index (χ1n) is 13.7.